The van der Waals surface area contributed by atoms with Crippen LogP contribution < -0.4 is 5.32 Å². The summed E-state index contributed by atoms with van der Waals surface area (Å²) in [6, 6.07) is 0. The second kappa shape index (κ2) is 6.16. The topological polar surface area (TPSA) is 50.2 Å². The van der Waals surface area contributed by atoms with E-state index in [0.29, 0.717) is 6.42 Å². The summed E-state index contributed by atoms with van der Waals surface area (Å²) in [5.41, 5.74) is 2.11. The minimum absolute atomic E-state index is 0.0668. The Morgan fingerprint density at radius 3 is 2.71 bits per heavy atom. The van der Waals surface area contributed by atoms with Gasteiger partial charge in [-0.15, -0.1) is 0 Å². The van der Waals surface area contributed by atoms with Gasteiger partial charge in [0.25, 0.3) is 0 Å². The maximum atomic E-state index is 11.1. The van der Waals surface area contributed by atoms with Crippen molar-refractivity contribution in [3.8, 4) is 0 Å². The number of carbonyl (C=O) groups is 1. The number of rotatable bonds is 5. The van der Waals surface area contributed by atoms with Crippen molar-refractivity contribution in [1.82, 2.24) is 20.0 Å². The van der Waals surface area contributed by atoms with Crippen molar-refractivity contribution in [3.63, 3.8) is 0 Å². The van der Waals surface area contributed by atoms with E-state index in [0.717, 1.165) is 29.0 Å². The number of carbonyl (C=O) groups excluding carboxylic acids is 1. The zero-order valence-electron chi connectivity index (χ0n) is 10.7. The van der Waals surface area contributed by atoms with Crippen LogP contribution in [0.2, 0.25) is 0 Å². The molecule has 0 unspecified atom stereocenters. The lowest BCUT2D eigenvalue weighted by Gasteiger charge is -2.16. The highest BCUT2D eigenvalue weighted by Gasteiger charge is 2.12. The molecule has 0 fully saturated rings. The Morgan fingerprint density at radius 2 is 2.24 bits per heavy atom. The Bertz CT molecular complexity index is 402. The zero-order valence-corrected chi connectivity index (χ0v) is 12.3. The summed E-state index contributed by atoms with van der Waals surface area (Å²) in [6.45, 7) is 3.48. The van der Waals surface area contributed by atoms with Crippen LogP contribution in [0.5, 0.6) is 0 Å². The van der Waals surface area contributed by atoms with Crippen molar-refractivity contribution in [2.24, 2.45) is 7.05 Å². The average molecular weight is 303 g/mol. The normalized spacial score (nSPS) is 10.9. The number of aryl methyl sites for hydroxylation is 2. The first-order valence-electron chi connectivity index (χ1n) is 5.52. The maximum Gasteiger partial charge on any atom is 0.221 e. The van der Waals surface area contributed by atoms with Gasteiger partial charge in [-0.2, -0.15) is 5.10 Å². The largest absolute Gasteiger partial charge is 0.359 e. The van der Waals surface area contributed by atoms with E-state index in [1.807, 2.05) is 25.7 Å². The predicted octanol–water partition coefficient (Wildman–Crippen LogP) is 1.06. The molecule has 1 aromatic rings. The molecule has 0 saturated heterocycles. The predicted molar refractivity (Wildman–Crippen MR) is 70.7 cm³/mol. The molecule has 0 radical (unpaired) electrons. The summed E-state index contributed by atoms with van der Waals surface area (Å²) in [5, 5.41) is 6.96. The molecule has 17 heavy (non-hydrogen) atoms. The van der Waals surface area contributed by atoms with Gasteiger partial charge >= 0.3 is 0 Å². The number of hydrogen-bond donors (Lipinski definition) is 1. The molecule has 0 aromatic carbocycles. The van der Waals surface area contributed by atoms with E-state index in [-0.39, 0.29) is 5.91 Å². The van der Waals surface area contributed by atoms with Gasteiger partial charge in [0.1, 0.15) is 0 Å². The van der Waals surface area contributed by atoms with Crippen molar-refractivity contribution in [2.45, 2.75) is 19.9 Å². The van der Waals surface area contributed by atoms with Crippen molar-refractivity contribution in [3.05, 3.63) is 15.9 Å². The van der Waals surface area contributed by atoms with Crippen LogP contribution in [0.1, 0.15) is 17.8 Å². The Hall–Kier alpha value is -0.880. The van der Waals surface area contributed by atoms with Crippen molar-refractivity contribution in [1.29, 1.82) is 0 Å². The SMILES string of the molecule is CNC(=O)CCN(C)Cc1c(Br)c(C)nn1C. The van der Waals surface area contributed by atoms with Crippen LogP contribution in [0, 0.1) is 6.92 Å². The second-order valence-corrected chi connectivity index (χ2v) is 4.92. The monoisotopic (exact) mass is 302 g/mol. The second-order valence-electron chi connectivity index (χ2n) is 4.13. The molecular weight excluding hydrogens is 284 g/mol. The van der Waals surface area contributed by atoms with Crippen LogP contribution in [0.4, 0.5) is 0 Å². The van der Waals surface area contributed by atoms with Gasteiger partial charge in [0.15, 0.2) is 0 Å². The Labute approximate surface area is 110 Å². The fraction of sp³-hybridized carbons (Fsp3) is 0.636. The van der Waals surface area contributed by atoms with Crippen LogP contribution >= 0.6 is 15.9 Å². The molecular formula is C11H19BrN4O. The molecule has 0 aliphatic heterocycles. The first-order chi connectivity index (χ1) is 7.95. The molecule has 0 aliphatic carbocycles. The third-order valence-electron chi connectivity index (χ3n) is 2.68. The van der Waals surface area contributed by atoms with Gasteiger partial charge in [0.05, 0.1) is 15.9 Å². The van der Waals surface area contributed by atoms with Crippen LogP contribution in [-0.4, -0.2) is 41.2 Å². The number of nitrogens with one attached hydrogen (secondary N) is 1. The van der Waals surface area contributed by atoms with E-state index in [1.54, 1.807) is 7.05 Å². The lowest BCUT2D eigenvalue weighted by atomic mass is 10.3. The Balaban J connectivity index is 2.56. The molecule has 0 atom stereocenters. The fourth-order valence-corrected chi connectivity index (χ4v) is 2.07. The quantitative estimate of drug-likeness (QED) is 0.885. The lowest BCUT2D eigenvalue weighted by Crippen LogP contribution is -2.27. The molecule has 0 saturated carbocycles. The van der Waals surface area contributed by atoms with Gasteiger partial charge in [-0.25, -0.2) is 0 Å². The molecule has 6 heteroatoms. The van der Waals surface area contributed by atoms with Gasteiger partial charge in [-0.3, -0.25) is 9.48 Å². The number of amides is 1. The zero-order chi connectivity index (χ0) is 13.0. The first-order valence-corrected chi connectivity index (χ1v) is 6.32. The average Bonchev–Trinajstić information content (AvgIpc) is 2.53. The van der Waals surface area contributed by atoms with Gasteiger partial charge in [0, 0.05) is 33.6 Å². The van der Waals surface area contributed by atoms with Crippen LogP contribution in [0.3, 0.4) is 0 Å². The minimum atomic E-state index is 0.0668. The summed E-state index contributed by atoms with van der Waals surface area (Å²) in [4.78, 5) is 13.2. The number of hydrogen-bond acceptors (Lipinski definition) is 3. The highest BCUT2D eigenvalue weighted by Crippen LogP contribution is 2.21. The molecule has 1 amide bonds. The molecule has 5 nitrogen and oxygen atoms in total. The van der Waals surface area contributed by atoms with Crippen molar-refractivity contribution < 1.29 is 4.79 Å². The lowest BCUT2D eigenvalue weighted by molar-refractivity contribution is -0.120. The number of nitrogens with zero attached hydrogens (tertiary/aromatic N) is 3. The summed E-state index contributed by atoms with van der Waals surface area (Å²) in [6.07, 6.45) is 0.515. The highest BCUT2D eigenvalue weighted by atomic mass is 79.9. The molecule has 0 bridgehead atoms. The number of halogens is 1. The van der Waals surface area contributed by atoms with Crippen molar-refractivity contribution >= 4 is 21.8 Å². The summed E-state index contributed by atoms with van der Waals surface area (Å²) in [5.74, 6) is 0.0668. The summed E-state index contributed by atoms with van der Waals surface area (Å²) in [7, 11) is 5.58. The van der Waals surface area contributed by atoms with Gasteiger partial charge < -0.3 is 10.2 Å². The minimum Gasteiger partial charge on any atom is -0.359 e. The van der Waals surface area contributed by atoms with E-state index in [2.05, 4.69) is 31.2 Å². The van der Waals surface area contributed by atoms with E-state index < -0.39 is 0 Å². The van der Waals surface area contributed by atoms with Gasteiger partial charge in [0.2, 0.25) is 5.91 Å². The van der Waals surface area contributed by atoms with Crippen molar-refractivity contribution in [2.75, 3.05) is 20.6 Å². The standard InChI is InChI=1S/C11H19BrN4O/c1-8-11(12)9(16(4)14-8)7-15(3)6-5-10(17)13-2/h5-7H2,1-4H3,(H,13,17). The van der Waals surface area contributed by atoms with Crippen LogP contribution in [-0.2, 0) is 18.4 Å². The molecule has 1 aromatic heterocycles. The molecule has 1 heterocycles. The van der Waals surface area contributed by atoms with Gasteiger partial charge in [-0.1, -0.05) is 0 Å². The van der Waals surface area contributed by atoms with E-state index in [9.17, 15) is 4.79 Å². The van der Waals surface area contributed by atoms with E-state index >= 15 is 0 Å². The first kappa shape index (κ1) is 14.2. The summed E-state index contributed by atoms with van der Waals surface area (Å²) >= 11 is 3.53. The number of aromatic nitrogens is 2. The molecule has 1 rings (SSSR count). The molecule has 1 N–H and O–H groups in total. The molecule has 96 valence electrons. The fourth-order valence-electron chi connectivity index (χ4n) is 1.60. The molecule has 0 spiro atoms. The highest BCUT2D eigenvalue weighted by molar-refractivity contribution is 9.10. The third kappa shape index (κ3) is 3.81. The maximum absolute atomic E-state index is 11.1. The van der Waals surface area contributed by atoms with E-state index in [1.165, 1.54) is 0 Å². The Morgan fingerprint density at radius 1 is 1.59 bits per heavy atom. The summed E-state index contributed by atoms with van der Waals surface area (Å²) < 4.78 is 2.92. The Kier molecular flexibility index (Phi) is 5.14. The molecule has 0 aliphatic rings. The van der Waals surface area contributed by atoms with Crippen LogP contribution in [0.25, 0.3) is 0 Å². The van der Waals surface area contributed by atoms with Gasteiger partial charge in [-0.05, 0) is 29.9 Å². The van der Waals surface area contributed by atoms with Crippen LogP contribution in [0.15, 0.2) is 4.47 Å². The smallest absolute Gasteiger partial charge is 0.221 e. The third-order valence-corrected chi connectivity index (χ3v) is 3.71. The van der Waals surface area contributed by atoms with E-state index in [4.69, 9.17) is 0 Å².